The van der Waals surface area contributed by atoms with E-state index in [2.05, 4.69) is 4.74 Å². The number of esters is 1. The van der Waals surface area contributed by atoms with Gasteiger partial charge in [-0.25, -0.2) is 4.79 Å². The molecule has 0 aliphatic rings. The zero-order valence-corrected chi connectivity index (χ0v) is 10.8. The van der Waals surface area contributed by atoms with E-state index in [0.717, 1.165) is 23.0 Å². The Balaban J connectivity index is 2.53. The van der Waals surface area contributed by atoms with Crippen LogP contribution in [0.3, 0.4) is 0 Å². The van der Waals surface area contributed by atoms with Gasteiger partial charge in [0.15, 0.2) is 6.29 Å². The van der Waals surface area contributed by atoms with Gasteiger partial charge in [-0.1, -0.05) is 35.9 Å². The first kappa shape index (κ1) is 13.0. The summed E-state index contributed by atoms with van der Waals surface area (Å²) in [6, 6.07) is 12.9. The van der Waals surface area contributed by atoms with Crippen LogP contribution in [-0.2, 0) is 4.74 Å². The second-order valence-corrected chi connectivity index (χ2v) is 4.28. The molecule has 19 heavy (non-hydrogen) atoms. The molecule has 0 saturated carbocycles. The Labute approximate surface area is 111 Å². The Morgan fingerprint density at radius 3 is 2.58 bits per heavy atom. The number of benzene rings is 2. The summed E-state index contributed by atoms with van der Waals surface area (Å²) in [6.45, 7) is 1.99. The largest absolute Gasteiger partial charge is 0.465 e. The molecule has 0 spiro atoms. The molecule has 0 amide bonds. The highest BCUT2D eigenvalue weighted by molar-refractivity contribution is 5.95. The highest BCUT2D eigenvalue weighted by Gasteiger charge is 2.10. The molecule has 0 saturated heterocycles. The minimum Gasteiger partial charge on any atom is -0.465 e. The summed E-state index contributed by atoms with van der Waals surface area (Å²) in [6.07, 6.45) is 0.754. The van der Waals surface area contributed by atoms with E-state index in [9.17, 15) is 9.59 Å². The van der Waals surface area contributed by atoms with Crippen molar-refractivity contribution in [2.45, 2.75) is 6.92 Å². The predicted molar refractivity (Wildman–Crippen MR) is 73.3 cm³/mol. The third-order valence-corrected chi connectivity index (χ3v) is 2.93. The van der Waals surface area contributed by atoms with E-state index in [1.807, 2.05) is 31.2 Å². The summed E-state index contributed by atoms with van der Waals surface area (Å²) in [5, 5.41) is 0. The van der Waals surface area contributed by atoms with E-state index >= 15 is 0 Å². The summed E-state index contributed by atoms with van der Waals surface area (Å²) in [4.78, 5) is 22.6. The highest BCUT2D eigenvalue weighted by atomic mass is 16.5. The SMILES string of the molecule is COC(=O)c1ccc(-c2cccc(C)c2)c(C=O)c1. The molecule has 2 rings (SSSR count). The van der Waals surface area contributed by atoms with E-state index < -0.39 is 5.97 Å². The van der Waals surface area contributed by atoms with Crippen molar-refractivity contribution in [3.63, 3.8) is 0 Å². The van der Waals surface area contributed by atoms with Gasteiger partial charge in [0.05, 0.1) is 12.7 Å². The standard InChI is InChI=1S/C16H14O3/c1-11-4-3-5-12(8-11)15-7-6-13(16(18)19-2)9-14(15)10-17/h3-10H,1-2H3. The monoisotopic (exact) mass is 254 g/mol. The van der Waals surface area contributed by atoms with Gasteiger partial charge in [-0.3, -0.25) is 4.79 Å². The number of ether oxygens (including phenoxy) is 1. The Bertz CT molecular complexity index is 630. The van der Waals surface area contributed by atoms with Crippen LogP contribution in [0.15, 0.2) is 42.5 Å². The topological polar surface area (TPSA) is 43.4 Å². The number of aldehydes is 1. The van der Waals surface area contributed by atoms with Crippen molar-refractivity contribution in [3.05, 3.63) is 59.2 Å². The minimum atomic E-state index is -0.445. The molecular weight excluding hydrogens is 240 g/mol. The Morgan fingerprint density at radius 1 is 1.16 bits per heavy atom. The molecule has 2 aromatic carbocycles. The zero-order chi connectivity index (χ0) is 13.8. The number of rotatable bonds is 3. The summed E-state index contributed by atoms with van der Waals surface area (Å²) in [5.41, 5.74) is 3.74. The molecule has 0 aliphatic carbocycles. The van der Waals surface area contributed by atoms with Crippen LogP contribution in [-0.4, -0.2) is 19.4 Å². The van der Waals surface area contributed by atoms with Crippen LogP contribution in [0.25, 0.3) is 11.1 Å². The summed E-state index contributed by atoms with van der Waals surface area (Å²) < 4.78 is 4.65. The number of hydrogen-bond donors (Lipinski definition) is 0. The van der Waals surface area contributed by atoms with E-state index in [-0.39, 0.29) is 0 Å². The quantitative estimate of drug-likeness (QED) is 0.623. The van der Waals surface area contributed by atoms with Crippen LogP contribution in [0.4, 0.5) is 0 Å². The van der Waals surface area contributed by atoms with Crippen LogP contribution in [0, 0.1) is 6.92 Å². The third-order valence-electron chi connectivity index (χ3n) is 2.93. The zero-order valence-electron chi connectivity index (χ0n) is 10.8. The summed E-state index contributed by atoms with van der Waals surface area (Å²) >= 11 is 0. The fourth-order valence-corrected chi connectivity index (χ4v) is 1.98. The van der Waals surface area contributed by atoms with Crippen molar-refractivity contribution in [3.8, 4) is 11.1 Å². The van der Waals surface area contributed by atoms with E-state index in [1.165, 1.54) is 7.11 Å². The van der Waals surface area contributed by atoms with Crippen molar-refractivity contribution in [1.29, 1.82) is 0 Å². The van der Waals surface area contributed by atoms with Crippen LogP contribution in [0.1, 0.15) is 26.3 Å². The van der Waals surface area contributed by atoms with Gasteiger partial charge in [0.1, 0.15) is 0 Å². The molecule has 96 valence electrons. The van der Waals surface area contributed by atoms with Crippen molar-refractivity contribution in [1.82, 2.24) is 0 Å². The molecule has 0 atom stereocenters. The van der Waals surface area contributed by atoms with Gasteiger partial charge >= 0.3 is 5.97 Å². The predicted octanol–water partition coefficient (Wildman–Crippen LogP) is 3.26. The molecule has 0 fully saturated rings. The van der Waals surface area contributed by atoms with E-state index in [1.54, 1.807) is 18.2 Å². The summed E-state index contributed by atoms with van der Waals surface area (Å²) in [5.74, 6) is -0.445. The molecule has 0 radical (unpaired) electrons. The van der Waals surface area contributed by atoms with Crippen molar-refractivity contribution >= 4 is 12.3 Å². The average Bonchev–Trinajstić information content (AvgIpc) is 2.45. The molecule has 0 N–H and O–H groups in total. The van der Waals surface area contributed by atoms with Crippen molar-refractivity contribution in [2.75, 3.05) is 7.11 Å². The smallest absolute Gasteiger partial charge is 0.337 e. The summed E-state index contributed by atoms with van der Waals surface area (Å²) in [7, 11) is 1.32. The molecule has 0 aromatic heterocycles. The molecular formula is C16H14O3. The molecule has 0 aliphatic heterocycles. The lowest BCUT2D eigenvalue weighted by Gasteiger charge is -2.08. The van der Waals surface area contributed by atoms with Crippen LogP contribution in [0.5, 0.6) is 0 Å². The van der Waals surface area contributed by atoms with Gasteiger partial charge in [0.25, 0.3) is 0 Å². The first-order chi connectivity index (χ1) is 9.15. The second kappa shape index (κ2) is 5.48. The lowest BCUT2D eigenvalue weighted by molar-refractivity contribution is 0.0600. The van der Waals surface area contributed by atoms with Gasteiger partial charge in [0.2, 0.25) is 0 Å². The lowest BCUT2D eigenvalue weighted by Crippen LogP contribution is -2.02. The van der Waals surface area contributed by atoms with E-state index in [0.29, 0.717) is 11.1 Å². The maximum absolute atomic E-state index is 11.4. The van der Waals surface area contributed by atoms with Gasteiger partial charge in [-0.15, -0.1) is 0 Å². The first-order valence-corrected chi connectivity index (χ1v) is 5.90. The van der Waals surface area contributed by atoms with Gasteiger partial charge in [-0.2, -0.15) is 0 Å². The highest BCUT2D eigenvalue weighted by Crippen LogP contribution is 2.24. The second-order valence-electron chi connectivity index (χ2n) is 4.28. The maximum atomic E-state index is 11.4. The fraction of sp³-hybridized carbons (Fsp3) is 0.125. The third kappa shape index (κ3) is 2.71. The van der Waals surface area contributed by atoms with E-state index in [4.69, 9.17) is 0 Å². The van der Waals surface area contributed by atoms with Gasteiger partial charge < -0.3 is 4.74 Å². The van der Waals surface area contributed by atoms with Crippen LogP contribution in [0.2, 0.25) is 0 Å². The van der Waals surface area contributed by atoms with Crippen LogP contribution >= 0.6 is 0 Å². The molecule has 0 heterocycles. The minimum absolute atomic E-state index is 0.376. The van der Waals surface area contributed by atoms with Crippen molar-refractivity contribution in [2.24, 2.45) is 0 Å². The van der Waals surface area contributed by atoms with Crippen molar-refractivity contribution < 1.29 is 14.3 Å². The lowest BCUT2D eigenvalue weighted by atomic mass is 9.97. The molecule has 0 bridgehead atoms. The number of carbonyl (C=O) groups excluding carboxylic acids is 2. The van der Waals surface area contributed by atoms with Gasteiger partial charge in [0, 0.05) is 5.56 Å². The number of carbonyl (C=O) groups is 2. The Kier molecular flexibility index (Phi) is 3.76. The average molecular weight is 254 g/mol. The molecule has 3 heteroatoms. The molecule has 2 aromatic rings. The Hall–Kier alpha value is -2.42. The Morgan fingerprint density at radius 2 is 1.95 bits per heavy atom. The van der Waals surface area contributed by atoms with Crippen LogP contribution < -0.4 is 0 Å². The van der Waals surface area contributed by atoms with Gasteiger partial charge in [-0.05, 0) is 30.2 Å². The number of methoxy groups -OCH3 is 1. The fourth-order valence-electron chi connectivity index (χ4n) is 1.98. The molecule has 0 unspecified atom stereocenters. The maximum Gasteiger partial charge on any atom is 0.337 e. The normalized spacial score (nSPS) is 10.0. The first-order valence-electron chi connectivity index (χ1n) is 5.90. The number of hydrogen-bond acceptors (Lipinski definition) is 3. The number of aryl methyl sites for hydroxylation is 1. The molecule has 3 nitrogen and oxygen atoms in total.